The van der Waals surface area contributed by atoms with E-state index < -0.39 is 4.92 Å². The molecule has 1 saturated heterocycles. The van der Waals surface area contributed by atoms with Gasteiger partial charge >= 0.3 is 5.97 Å². The van der Waals surface area contributed by atoms with Crippen LogP contribution in [0.5, 0.6) is 0 Å². The molecule has 2 fully saturated rings. The van der Waals surface area contributed by atoms with Gasteiger partial charge in [0.05, 0.1) is 21.0 Å². The predicted octanol–water partition coefficient (Wildman–Crippen LogP) is 3.44. The van der Waals surface area contributed by atoms with Crippen molar-refractivity contribution >= 4 is 33.2 Å². The van der Waals surface area contributed by atoms with Crippen LogP contribution in [0.4, 0.5) is 5.69 Å². The van der Waals surface area contributed by atoms with Crippen molar-refractivity contribution in [3.8, 4) is 0 Å². The predicted molar refractivity (Wildman–Crippen MR) is 78.9 cm³/mol. The van der Waals surface area contributed by atoms with Crippen LogP contribution in [0, 0.1) is 10.1 Å². The summed E-state index contributed by atoms with van der Waals surface area (Å²) >= 11 is 0. The maximum atomic E-state index is 12.1. The summed E-state index contributed by atoms with van der Waals surface area (Å²) in [4.78, 5) is 22.2. The van der Waals surface area contributed by atoms with Gasteiger partial charge in [0.2, 0.25) is 0 Å². The Morgan fingerprint density at radius 1 is 1.20 bits per heavy atom. The molecule has 5 nitrogen and oxygen atoms in total. The first-order chi connectivity index (χ1) is 9.65. The lowest BCUT2D eigenvalue weighted by Crippen LogP contribution is -2.36. The molecule has 3 rings (SSSR count). The van der Waals surface area contributed by atoms with Crippen molar-refractivity contribution in [2.75, 3.05) is 0 Å². The van der Waals surface area contributed by atoms with E-state index in [2.05, 4.69) is 0 Å². The fourth-order valence-corrected chi connectivity index (χ4v) is 6.21. The van der Waals surface area contributed by atoms with Crippen molar-refractivity contribution in [1.29, 1.82) is 0 Å². The molecule has 106 valence electrons. The molecule has 20 heavy (non-hydrogen) atoms. The van der Waals surface area contributed by atoms with Crippen molar-refractivity contribution in [1.82, 2.24) is 0 Å². The number of esters is 1. The summed E-state index contributed by atoms with van der Waals surface area (Å²) in [6, 6.07) is 5.56. The topological polar surface area (TPSA) is 69.4 Å². The average Bonchev–Trinajstić information content (AvgIpc) is 2.68. The largest absolute Gasteiger partial charge is 0.456 e. The van der Waals surface area contributed by atoms with Crippen LogP contribution in [0.1, 0.15) is 29.6 Å². The minimum absolute atomic E-state index is 0.0228. The van der Waals surface area contributed by atoms with E-state index in [-0.39, 0.29) is 17.8 Å². The van der Waals surface area contributed by atoms with Gasteiger partial charge in [0.1, 0.15) is 6.10 Å². The Morgan fingerprint density at radius 2 is 1.80 bits per heavy atom. The normalized spacial score (nSPS) is 28.1. The molecule has 0 spiro atoms. The summed E-state index contributed by atoms with van der Waals surface area (Å²) in [7, 11) is 3.63. The van der Waals surface area contributed by atoms with Gasteiger partial charge < -0.3 is 4.74 Å². The number of benzene rings is 1. The molecule has 2 bridgehead atoms. The number of carbonyl (C=O) groups excluding carboxylic acids is 1. The van der Waals surface area contributed by atoms with Gasteiger partial charge in [0.25, 0.3) is 5.69 Å². The zero-order valence-corrected chi connectivity index (χ0v) is 12.2. The fraction of sp³-hybridized carbons (Fsp3) is 0.462. The number of carbonyl (C=O) groups is 1. The molecule has 2 atom stereocenters. The molecule has 2 aliphatic rings. The maximum Gasteiger partial charge on any atom is 0.338 e. The molecule has 0 radical (unpaired) electrons. The maximum absolute atomic E-state index is 12.1. The summed E-state index contributed by atoms with van der Waals surface area (Å²) in [5.74, 6) is -0.384. The van der Waals surface area contributed by atoms with Crippen LogP contribution in [0.3, 0.4) is 0 Å². The summed E-state index contributed by atoms with van der Waals surface area (Å²) in [5.41, 5.74) is 0.348. The standard InChI is InChI=1S/C13H13NO4S2/c15-13(8-4-6-9(7-5-8)14(16)17)18-12-10-2-1-3-11(12)20-19-10/h4-7,10-12H,1-3H2. The molecule has 1 aliphatic carbocycles. The van der Waals surface area contributed by atoms with E-state index in [0.29, 0.717) is 16.1 Å². The average molecular weight is 311 g/mol. The number of hydrogen-bond donors (Lipinski definition) is 0. The van der Waals surface area contributed by atoms with Crippen LogP contribution in [-0.2, 0) is 4.74 Å². The lowest BCUT2D eigenvalue weighted by molar-refractivity contribution is -0.384. The first-order valence-electron chi connectivity index (χ1n) is 6.43. The molecule has 0 amide bonds. The molecule has 1 aromatic rings. The molecule has 1 aliphatic heterocycles. The summed E-state index contributed by atoms with van der Waals surface area (Å²) in [6.45, 7) is 0. The van der Waals surface area contributed by atoms with Crippen molar-refractivity contribution in [3.05, 3.63) is 39.9 Å². The van der Waals surface area contributed by atoms with E-state index in [1.165, 1.54) is 30.7 Å². The van der Waals surface area contributed by atoms with E-state index in [4.69, 9.17) is 4.74 Å². The monoisotopic (exact) mass is 311 g/mol. The molecule has 1 aromatic carbocycles. The van der Waals surface area contributed by atoms with Crippen LogP contribution < -0.4 is 0 Å². The molecule has 0 N–H and O–H groups in total. The Morgan fingerprint density at radius 3 is 2.35 bits per heavy atom. The summed E-state index contributed by atoms with van der Waals surface area (Å²) in [5, 5.41) is 11.4. The second-order valence-electron chi connectivity index (χ2n) is 4.87. The van der Waals surface area contributed by atoms with Gasteiger partial charge in [-0.3, -0.25) is 10.1 Å². The third kappa shape index (κ3) is 2.64. The fourth-order valence-electron chi connectivity index (χ4n) is 2.50. The lowest BCUT2D eigenvalue weighted by atomic mass is 9.96. The SMILES string of the molecule is O=C(OC1C2CCCC1SS2)c1ccc([N+](=O)[O-])cc1. The Hall–Kier alpha value is -1.21. The highest BCUT2D eigenvalue weighted by Gasteiger charge is 2.43. The number of non-ortho nitro benzene ring substituents is 1. The smallest absolute Gasteiger partial charge is 0.338 e. The molecule has 1 saturated carbocycles. The molecule has 7 heteroatoms. The third-order valence-electron chi connectivity index (χ3n) is 3.57. The highest BCUT2D eigenvalue weighted by molar-refractivity contribution is 8.77. The Kier molecular flexibility index (Phi) is 3.89. The van der Waals surface area contributed by atoms with Gasteiger partial charge in [-0.1, -0.05) is 28.0 Å². The van der Waals surface area contributed by atoms with E-state index in [1.54, 1.807) is 0 Å². The molecular weight excluding hydrogens is 298 g/mol. The lowest BCUT2D eigenvalue weighted by Gasteiger charge is -2.27. The van der Waals surface area contributed by atoms with Crippen molar-refractivity contribution in [3.63, 3.8) is 0 Å². The van der Waals surface area contributed by atoms with Gasteiger partial charge in [-0.25, -0.2) is 4.79 Å². The minimum Gasteiger partial charge on any atom is -0.456 e. The van der Waals surface area contributed by atoms with Crippen LogP contribution >= 0.6 is 21.6 Å². The van der Waals surface area contributed by atoms with E-state index in [0.717, 1.165) is 12.8 Å². The number of nitro groups is 1. The second kappa shape index (κ2) is 5.65. The third-order valence-corrected chi connectivity index (χ3v) is 7.00. The number of rotatable bonds is 3. The number of fused-ring (bicyclic) bond motifs is 2. The van der Waals surface area contributed by atoms with Crippen molar-refractivity contribution < 1.29 is 14.5 Å². The van der Waals surface area contributed by atoms with Gasteiger partial charge in [0.15, 0.2) is 0 Å². The van der Waals surface area contributed by atoms with E-state index in [9.17, 15) is 14.9 Å². The molecule has 2 unspecified atom stereocenters. The first kappa shape index (κ1) is 13.8. The van der Waals surface area contributed by atoms with Gasteiger partial charge in [-0.05, 0) is 25.0 Å². The number of hydrogen-bond acceptors (Lipinski definition) is 6. The number of ether oxygens (including phenoxy) is 1. The summed E-state index contributed by atoms with van der Waals surface area (Å²) in [6.07, 6.45) is 3.35. The highest BCUT2D eigenvalue weighted by atomic mass is 33.1. The molecule has 1 heterocycles. The zero-order chi connectivity index (χ0) is 14.1. The van der Waals surface area contributed by atoms with Crippen LogP contribution in [0.2, 0.25) is 0 Å². The van der Waals surface area contributed by atoms with Crippen molar-refractivity contribution in [2.24, 2.45) is 0 Å². The van der Waals surface area contributed by atoms with Crippen molar-refractivity contribution in [2.45, 2.75) is 35.9 Å². The molecular formula is C13H13NO4S2. The van der Waals surface area contributed by atoms with Crippen LogP contribution in [0.15, 0.2) is 24.3 Å². The Labute approximate surface area is 124 Å². The highest BCUT2D eigenvalue weighted by Crippen LogP contribution is 2.52. The Balaban J connectivity index is 1.68. The van der Waals surface area contributed by atoms with Gasteiger partial charge in [0, 0.05) is 12.1 Å². The van der Waals surface area contributed by atoms with E-state index >= 15 is 0 Å². The van der Waals surface area contributed by atoms with Crippen LogP contribution in [-0.4, -0.2) is 27.5 Å². The Bertz CT molecular complexity index is 518. The van der Waals surface area contributed by atoms with Gasteiger partial charge in [-0.15, -0.1) is 0 Å². The number of nitrogens with zero attached hydrogens (tertiary/aromatic N) is 1. The molecule has 0 aromatic heterocycles. The minimum atomic E-state index is -0.482. The summed E-state index contributed by atoms with van der Waals surface area (Å²) < 4.78 is 5.61. The van der Waals surface area contributed by atoms with Gasteiger partial charge in [-0.2, -0.15) is 0 Å². The first-order valence-corrected chi connectivity index (χ1v) is 8.70. The van der Waals surface area contributed by atoms with Crippen LogP contribution in [0.25, 0.3) is 0 Å². The van der Waals surface area contributed by atoms with E-state index in [1.807, 2.05) is 21.6 Å². The number of nitro benzene ring substituents is 1. The quantitative estimate of drug-likeness (QED) is 0.368. The second-order valence-corrected chi connectivity index (χ2v) is 7.62. The zero-order valence-electron chi connectivity index (χ0n) is 10.6.